The number of rotatable bonds is 5. The summed E-state index contributed by atoms with van der Waals surface area (Å²) in [5.41, 5.74) is 3.63. The molecule has 0 amide bonds. The predicted octanol–water partition coefficient (Wildman–Crippen LogP) is 4.75. The summed E-state index contributed by atoms with van der Waals surface area (Å²) in [4.78, 5) is 0.344. The largest absolute Gasteiger partial charge is 0.502 e. The van der Waals surface area contributed by atoms with Crippen molar-refractivity contribution in [1.29, 1.82) is 0 Å². The van der Waals surface area contributed by atoms with Crippen molar-refractivity contribution in [2.24, 2.45) is 0 Å². The highest BCUT2D eigenvalue weighted by molar-refractivity contribution is 7.81. The molecular weight excluding hydrogens is 392 g/mol. The zero-order valence-electron chi connectivity index (χ0n) is 15.3. The molecule has 2 aromatic carbocycles. The number of thiocarbonyl (C=S) groups is 1. The average molecular weight is 412 g/mol. The molecule has 3 rings (SSSR count). The highest BCUT2D eigenvalue weighted by Crippen LogP contribution is 2.21. The molecule has 0 spiro atoms. The van der Waals surface area contributed by atoms with Crippen LogP contribution in [0.1, 0.15) is 16.7 Å². The van der Waals surface area contributed by atoms with Crippen LogP contribution in [-0.4, -0.2) is 15.2 Å². The molecule has 0 saturated carbocycles. The van der Waals surface area contributed by atoms with Crippen molar-refractivity contribution in [3.05, 3.63) is 94.8 Å². The number of aliphatic hydroxyl groups is 2. The standard InChI is InChI=1S/C22H19ClN2O2S/c1-15-4-10-19(11-5-15)24-22(28)20(25-12-2-3-16(13-25)14-26)21(27)17-6-8-18(23)9-7-17/h2-13,26H,14H2,1H3,(H-,24,27,28)/p+1. The SMILES string of the molecule is Cc1ccc(NC(=S)/C(=C(\O)c2ccc(Cl)cc2)[n+]2cccc(CO)c2)cc1. The molecule has 0 atom stereocenters. The lowest BCUT2D eigenvalue weighted by Crippen LogP contribution is -2.39. The van der Waals surface area contributed by atoms with Gasteiger partial charge in [-0.25, -0.2) is 0 Å². The molecule has 4 nitrogen and oxygen atoms in total. The van der Waals surface area contributed by atoms with Gasteiger partial charge in [-0.15, -0.1) is 0 Å². The summed E-state index contributed by atoms with van der Waals surface area (Å²) in [7, 11) is 0. The number of aryl methyl sites for hydroxylation is 1. The third kappa shape index (κ3) is 4.75. The van der Waals surface area contributed by atoms with Crippen molar-refractivity contribution in [2.45, 2.75) is 13.5 Å². The molecule has 0 aliphatic rings. The molecule has 142 valence electrons. The van der Waals surface area contributed by atoms with Crippen molar-refractivity contribution in [3.8, 4) is 0 Å². The van der Waals surface area contributed by atoms with Crippen LogP contribution >= 0.6 is 23.8 Å². The van der Waals surface area contributed by atoms with Crippen molar-refractivity contribution in [1.82, 2.24) is 0 Å². The molecule has 6 heteroatoms. The van der Waals surface area contributed by atoms with E-state index in [1.807, 2.05) is 31.2 Å². The lowest BCUT2D eigenvalue weighted by molar-refractivity contribution is -0.576. The molecule has 3 N–H and O–H groups in total. The third-order valence-electron chi connectivity index (χ3n) is 4.17. The normalized spacial score (nSPS) is 11.7. The molecule has 1 aromatic heterocycles. The zero-order chi connectivity index (χ0) is 20.1. The Balaban J connectivity index is 2.07. The second kappa shape index (κ2) is 8.97. The van der Waals surface area contributed by atoms with Gasteiger partial charge < -0.3 is 15.5 Å². The Bertz CT molecular complexity index is 1020. The smallest absolute Gasteiger partial charge is 0.288 e. The van der Waals surface area contributed by atoms with Crippen molar-refractivity contribution in [3.63, 3.8) is 0 Å². The number of benzene rings is 2. The first-order chi connectivity index (χ1) is 13.5. The molecule has 0 saturated heterocycles. The van der Waals surface area contributed by atoms with E-state index in [9.17, 15) is 10.2 Å². The van der Waals surface area contributed by atoms with E-state index in [0.29, 0.717) is 26.8 Å². The number of hydrogen-bond acceptors (Lipinski definition) is 3. The molecule has 0 radical (unpaired) electrons. The Kier molecular flexibility index (Phi) is 6.41. The van der Waals surface area contributed by atoms with Gasteiger partial charge in [0, 0.05) is 27.9 Å². The highest BCUT2D eigenvalue weighted by Gasteiger charge is 2.24. The van der Waals surface area contributed by atoms with Crippen LogP contribution in [0.15, 0.2) is 73.1 Å². The Hall–Kier alpha value is -2.73. The summed E-state index contributed by atoms with van der Waals surface area (Å²) in [5, 5.41) is 24.2. The molecule has 28 heavy (non-hydrogen) atoms. The summed E-state index contributed by atoms with van der Waals surface area (Å²) in [6, 6.07) is 18.2. The van der Waals surface area contributed by atoms with Crippen molar-refractivity contribution < 1.29 is 14.8 Å². The average Bonchev–Trinajstić information content (AvgIpc) is 2.70. The van der Waals surface area contributed by atoms with E-state index in [1.54, 1.807) is 53.4 Å². The summed E-state index contributed by atoms with van der Waals surface area (Å²) in [5.74, 6) is 0.00127. The zero-order valence-corrected chi connectivity index (χ0v) is 16.8. The molecule has 3 aromatic rings. The minimum atomic E-state index is -0.117. The molecule has 0 aliphatic heterocycles. The first kappa shape index (κ1) is 20.0. The van der Waals surface area contributed by atoms with E-state index >= 15 is 0 Å². The molecule has 0 unspecified atom stereocenters. The minimum Gasteiger partial charge on any atom is -0.502 e. The maximum atomic E-state index is 11.0. The fraction of sp³-hybridized carbons (Fsp3) is 0.0909. The number of anilines is 1. The van der Waals surface area contributed by atoms with Crippen LogP contribution in [0.25, 0.3) is 11.5 Å². The van der Waals surface area contributed by atoms with Gasteiger partial charge in [0.05, 0.1) is 6.61 Å². The second-order valence-corrected chi connectivity index (χ2v) is 7.15. The first-order valence-electron chi connectivity index (χ1n) is 8.66. The van der Waals surface area contributed by atoms with Crippen molar-refractivity contribution >= 4 is 46.0 Å². The Morgan fingerprint density at radius 1 is 1.07 bits per heavy atom. The number of pyridine rings is 1. The van der Waals surface area contributed by atoms with Gasteiger partial charge in [-0.1, -0.05) is 41.5 Å². The van der Waals surface area contributed by atoms with Crippen LogP contribution < -0.4 is 9.88 Å². The number of aromatic nitrogens is 1. The van der Waals surface area contributed by atoms with Crippen LogP contribution in [0.4, 0.5) is 5.69 Å². The first-order valence-corrected chi connectivity index (χ1v) is 9.45. The van der Waals surface area contributed by atoms with Crippen LogP contribution in [-0.2, 0) is 6.61 Å². The molecule has 0 fully saturated rings. The summed E-state index contributed by atoms with van der Waals surface area (Å²) < 4.78 is 1.69. The second-order valence-electron chi connectivity index (χ2n) is 6.30. The van der Waals surface area contributed by atoms with Gasteiger partial charge in [-0.05, 0) is 49.4 Å². The maximum absolute atomic E-state index is 11.0. The van der Waals surface area contributed by atoms with Crippen LogP contribution in [0, 0.1) is 6.92 Å². The lowest BCUT2D eigenvalue weighted by atomic mass is 10.1. The topological polar surface area (TPSA) is 56.4 Å². The molecular formula is C22H20ClN2O2S+. The molecule has 0 aliphatic carbocycles. The Labute approximate surface area is 174 Å². The van der Waals surface area contributed by atoms with Crippen LogP contribution in [0.3, 0.4) is 0 Å². The quantitative estimate of drug-likeness (QED) is 0.245. The number of halogens is 1. The fourth-order valence-electron chi connectivity index (χ4n) is 2.68. The summed E-state index contributed by atoms with van der Waals surface area (Å²) in [6.45, 7) is 1.89. The number of nitrogens with zero attached hydrogens (tertiary/aromatic N) is 1. The highest BCUT2D eigenvalue weighted by atomic mass is 35.5. The molecule has 0 bridgehead atoms. The van der Waals surface area contributed by atoms with Crippen LogP contribution in [0.5, 0.6) is 0 Å². The number of aliphatic hydroxyl groups excluding tert-OH is 2. The van der Waals surface area contributed by atoms with E-state index in [2.05, 4.69) is 5.32 Å². The summed E-state index contributed by atoms with van der Waals surface area (Å²) in [6.07, 6.45) is 3.49. The predicted molar refractivity (Wildman–Crippen MR) is 117 cm³/mol. The monoisotopic (exact) mass is 411 g/mol. The van der Waals surface area contributed by atoms with Gasteiger partial charge in [0.25, 0.3) is 5.70 Å². The van der Waals surface area contributed by atoms with E-state index < -0.39 is 0 Å². The van der Waals surface area contributed by atoms with E-state index in [1.165, 1.54) is 0 Å². The van der Waals surface area contributed by atoms with Gasteiger partial charge in [0.2, 0.25) is 0 Å². The van der Waals surface area contributed by atoms with Crippen molar-refractivity contribution in [2.75, 3.05) is 5.32 Å². The van der Waals surface area contributed by atoms with Crippen LogP contribution in [0.2, 0.25) is 5.02 Å². The maximum Gasteiger partial charge on any atom is 0.288 e. The Morgan fingerprint density at radius 3 is 2.39 bits per heavy atom. The fourth-order valence-corrected chi connectivity index (χ4v) is 3.12. The van der Waals surface area contributed by atoms with Gasteiger partial charge >= 0.3 is 0 Å². The number of hydrogen-bond donors (Lipinski definition) is 3. The lowest BCUT2D eigenvalue weighted by Gasteiger charge is -2.11. The van der Waals surface area contributed by atoms with Gasteiger partial charge in [0.15, 0.2) is 23.1 Å². The summed E-state index contributed by atoms with van der Waals surface area (Å²) >= 11 is 11.6. The van der Waals surface area contributed by atoms with E-state index in [-0.39, 0.29) is 12.4 Å². The molecule has 1 heterocycles. The van der Waals surface area contributed by atoms with Gasteiger partial charge in [-0.2, -0.15) is 4.57 Å². The van der Waals surface area contributed by atoms with Gasteiger partial charge in [-0.3, -0.25) is 0 Å². The third-order valence-corrected chi connectivity index (χ3v) is 4.72. The minimum absolute atomic E-state index is 0.00127. The van der Waals surface area contributed by atoms with E-state index in [4.69, 9.17) is 23.8 Å². The Morgan fingerprint density at radius 2 is 1.75 bits per heavy atom. The number of nitrogens with one attached hydrogen (secondary N) is 1. The van der Waals surface area contributed by atoms with Gasteiger partial charge in [0.1, 0.15) is 0 Å². The van der Waals surface area contributed by atoms with E-state index in [0.717, 1.165) is 11.3 Å².